The van der Waals surface area contributed by atoms with E-state index in [0.717, 1.165) is 9.80 Å². The number of carbonyl (C=O) groups excluding carboxylic acids is 6. The second kappa shape index (κ2) is 36.4. The van der Waals surface area contributed by atoms with Crippen LogP contribution < -0.4 is 18.9 Å². The van der Waals surface area contributed by atoms with Crippen molar-refractivity contribution in [2.45, 2.75) is 36.3 Å². The molecule has 2 atom stereocenters. The van der Waals surface area contributed by atoms with Crippen LogP contribution in [0.2, 0.25) is 24.2 Å². The summed E-state index contributed by atoms with van der Waals surface area (Å²) < 4.78 is 114. The van der Waals surface area contributed by atoms with Gasteiger partial charge in [0.15, 0.2) is 0 Å². The van der Waals surface area contributed by atoms with Gasteiger partial charge in [-0.25, -0.2) is 0 Å². The predicted molar refractivity (Wildman–Crippen MR) is 487 cm³/mol. The highest BCUT2D eigenvalue weighted by atomic mass is 28.4. The van der Waals surface area contributed by atoms with Gasteiger partial charge in [-0.15, -0.1) is 0 Å². The molecular formula is C96H92N4O24Si4. The Kier molecular flexibility index (Phi) is 24.9. The van der Waals surface area contributed by atoms with Crippen molar-refractivity contribution in [3.63, 3.8) is 0 Å². The van der Waals surface area contributed by atoms with Crippen LogP contribution in [0, 0.1) is 0 Å². The van der Waals surface area contributed by atoms with Crippen molar-refractivity contribution in [1.29, 1.82) is 0 Å². The molecule has 0 saturated heterocycles. The monoisotopic (exact) mass is 1800 g/mol. The van der Waals surface area contributed by atoms with Crippen LogP contribution >= 0.6 is 0 Å². The van der Waals surface area contributed by atoms with E-state index in [0.29, 0.717) is 43.9 Å². The van der Waals surface area contributed by atoms with E-state index in [2.05, 4.69) is 0 Å². The SMILES string of the molecule is CO[Si](CCN(CC[Si](OC)(OC)OC)C(=O)C(c1ccc2oc3ccccc3c2c1)N1C(=O)c2cc(Oc3ccccc3)c3c4c(Oc5ccccc5)cc5c6c(cc(Oc7ccccc7)c(c7c(Oc8ccccc8)cc(c2c37)C1=O)c64)C(=O)N(C(C(=O)N(CC[Si](OC)(OC)OC)CC[Si](OC)(OC)OC)c1ccc2oc3ccccc3c2c1)C5=O)(OC)OC. The lowest BCUT2D eigenvalue weighted by Gasteiger charge is -2.38. The Hall–Kier alpha value is -12.4. The summed E-state index contributed by atoms with van der Waals surface area (Å²) in [7, 11) is 3.34. The highest BCUT2D eigenvalue weighted by molar-refractivity contribution is 6.62. The van der Waals surface area contributed by atoms with Crippen molar-refractivity contribution < 1.29 is 110 Å². The van der Waals surface area contributed by atoms with Crippen LogP contribution in [-0.2, 0) is 62.7 Å². The zero-order valence-electron chi connectivity index (χ0n) is 72.3. The lowest BCUT2D eigenvalue weighted by atomic mass is 9.80. The van der Waals surface area contributed by atoms with E-state index in [4.69, 9.17) is 80.9 Å². The molecule has 13 aromatic carbocycles. The normalized spacial score (nSPS) is 13.8. The fraction of sp³-hybridized carbons (Fsp3) is 0.229. The topological polar surface area (TPSA) is 289 Å². The zero-order valence-corrected chi connectivity index (χ0v) is 76.3. The van der Waals surface area contributed by atoms with E-state index in [9.17, 15) is 0 Å². The van der Waals surface area contributed by atoms with Crippen LogP contribution in [0.3, 0.4) is 0 Å². The van der Waals surface area contributed by atoms with Crippen LogP contribution in [0.25, 0.3) is 87.0 Å². The number of nitrogens with zero attached hydrogens (tertiary/aromatic N) is 4. The maximum atomic E-state index is 17.4. The number of amides is 6. The number of hydrogen-bond donors (Lipinski definition) is 0. The maximum absolute atomic E-state index is 17.4. The predicted octanol–water partition coefficient (Wildman–Crippen LogP) is 18.5. The van der Waals surface area contributed by atoms with E-state index in [1.54, 1.807) is 158 Å². The van der Waals surface area contributed by atoms with Gasteiger partial charge in [-0.1, -0.05) is 121 Å². The van der Waals surface area contributed by atoms with Crippen LogP contribution in [-0.4, -0.2) is 202 Å². The highest BCUT2D eigenvalue weighted by Crippen LogP contribution is 2.59. The summed E-state index contributed by atoms with van der Waals surface area (Å²) in [6, 6.07) is 63.1. The molecular weight excluding hydrogens is 1710 g/mol. The van der Waals surface area contributed by atoms with Crippen molar-refractivity contribution in [3.05, 3.63) is 264 Å². The van der Waals surface area contributed by atoms with Crippen LogP contribution in [0.4, 0.5) is 0 Å². The first-order valence-electron chi connectivity index (χ1n) is 41.3. The third-order valence-corrected chi connectivity index (χ3v) is 35.2. The van der Waals surface area contributed by atoms with E-state index < -0.39 is 82.7 Å². The summed E-state index contributed by atoms with van der Waals surface area (Å²) in [6.07, 6.45) is 0. The van der Waals surface area contributed by atoms with Gasteiger partial charge < -0.3 is 90.7 Å². The average Bonchev–Trinajstić information content (AvgIpc) is 0.740. The number of furan rings is 2. The molecule has 15 aromatic rings. The van der Waals surface area contributed by atoms with Gasteiger partial charge in [0.1, 0.15) is 80.4 Å². The quantitative estimate of drug-likeness (QED) is 0.0150. The number of rotatable bonds is 38. The number of benzene rings is 13. The highest BCUT2D eigenvalue weighted by Gasteiger charge is 2.52. The molecule has 4 heterocycles. The third kappa shape index (κ3) is 15.6. The van der Waals surface area contributed by atoms with Gasteiger partial charge in [0, 0.05) is 200 Å². The van der Waals surface area contributed by atoms with Gasteiger partial charge in [0.2, 0.25) is 0 Å². The van der Waals surface area contributed by atoms with E-state index in [1.807, 2.05) is 72.8 Å². The molecule has 2 aliphatic rings. The minimum Gasteiger partial charge on any atom is -0.457 e. The molecule has 0 N–H and O–H groups in total. The molecule has 0 aliphatic carbocycles. The molecule has 32 heteroatoms. The van der Waals surface area contributed by atoms with Crippen LogP contribution in [0.5, 0.6) is 46.0 Å². The fourth-order valence-electron chi connectivity index (χ4n) is 17.8. The Balaban J connectivity index is 0.968. The van der Waals surface area contributed by atoms with Crippen molar-refractivity contribution in [2.75, 3.05) is 111 Å². The summed E-state index contributed by atoms with van der Waals surface area (Å²) in [5.41, 5.74) is 2.01. The molecule has 0 radical (unpaired) electrons. The average molecular weight is 1800 g/mol. The van der Waals surface area contributed by atoms with Crippen molar-refractivity contribution in [2.24, 2.45) is 0 Å². The number of ether oxygens (including phenoxy) is 4. The summed E-state index contributed by atoms with van der Waals surface area (Å²) in [5.74, 6) is -4.10. The Bertz CT molecular complexity index is 6060. The zero-order chi connectivity index (χ0) is 89.5. The number of carbonyl (C=O) groups is 6. The minimum absolute atomic E-state index is 0.0102. The molecule has 2 aromatic heterocycles. The largest absolute Gasteiger partial charge is 0.501 e. The van der Waals surface area contributed by atoms with Gasteiger partial charge in [-0.3, -0.25) is 38.6 Å². The van der Waals surface area contributed by atoms with Crippen molar-refractivity contribution in [1.82, 2.24) is 19.6 Å². The summed E-state index contributed by atoms with van der Waals surface area (Å²) in [4.78, 5) is 109. The van der Waals surface area contributed by atoms with Gasteiger partial charge in [0.05, 0.1) is 22.3 Å². The van der Waals surface area contributed by atoms with Crippen LogP contribution in [0.1, 0.15) is 64.6 Å². The maximum Gasteiger partial charge on any atom is 0.501 e. The molecule has 2 aliphatic heterocycles. The molecule has 2 unspecified atom stereocenters. The summed E-state index contributed by atoms with van der Waals surface area (Å²) in [5, 5.41) is 3.87. The van der Waals surface area contributed by atoms with Gasteiger partial charge in [0.25, 0.3) is 35.4 Å². The van der Waals surface area contributed by atoms with Gasteiger partial charge in [-0.05, 0) is 120 Å². The molecule has 0 saturated carbocycles. The standard InChI is InChI=1S/C96H92N4O24Si4/c1-107-125(108-2,109-3)49-45-97(46-50-126(110-4,111-5)112-6)95(105)89(59-41-43-75-67(53-59)65-37-25-27-39-73(65)123-75)99-91(101)69-55-77(119-61-29-17-13-18-30-61)83-85-79(121-63-33-21-15-22-34-63)57-71-82-72(58-80(122-64-35-23-16-24-36-64)86(88(82)85)84-78(120-62-31-19-14-20-32-62)56-70(92(99)102)81(69)87(83)84)94(104)100(93(71)103)90(60-42-44-76-68(54-60)66-38-26-28-40-74(66)124-76)96(106)98(47-51-127(113-7,114-8)115-9)48-52-128(116-10,117-11)118-12/h13-44,53-58,89-90H,45-52H2,1-12H3. The van der Waals surface area contributed by atoms with E-state index in [-0.39, 0.29) is 173 Å². The van der Waals surface area contributed by atoms with Gasteiger partial charge in [-0.2, -0.15) is 0 Å². The van der Waals surface area contributed by atoms with E-state index in [1.165, 1.54) is 95.1 Å². The van der Waals surface area contributed by atoms with Gasteiger partial charge >= 0.3 is 35.2 Å². The molecule has 0 spiro atoms. The van der Waals surface area contributed by atoms with Crippen molar-refractivity contribution in [3.8, 4) is 46.0 Å². The Morgan fingerprint density at radius 2 is 0.516 bits per heavy atom. The molecule has 0 bridgehead atoms. The second-order valence-electron chi connectivity index (χ2n) is 30.7. The summed E-state index contributed by atoms with van der Waals surface area (Å²) in [6.45, 7) is -0.446. The first-order chi connectivity index (χ1) is 62.2. The second-order valence-corrected chi connectivity index (χ2v) is 43.0. The Labute approximate surface area is 740 Å². The number of imide groups is 2. The molecule has 128 heavy (non-hydrogen) atoms. The van der Waals surface area contributed by atoms with E-state index >= 15 is 28.8 Å². The fourth-order valence-corrected chi connectivity index (χ4v) is 24.4. The number of fused-ring (bicyclic) bond motifs is 8. The number of hydrogen-bond acceptors (Lipinski definition) is 24. The lowest BCUT2D eigenvalue weighted by molar-refractivity contribution is -0.136. The smallest absolute Gasteiger partial charge is 0.457 e. The Morgan fingerprint density at radius 1 is 0.281 bits per heavy atom. The minimum atomic E-state index is -3.55. The molecule has 656 valence electrons. The number of para-hydroxylation sites is 6. The van der Waals surface area contributed by atoms with Crippen molar-refractivity contribution >= 4 is 158 Å². The summed E-state index contributed by atoms with van der Waals surface area (Å²) >= 11 is 0. The first kappa shape index (κ1) is 87.6. The third-order valence-electron chi connectivity index (χ3n) is 24.4. The Morgan fingerprint density at radius 3 is 0.766 bits per heavy atom. The molecule has 0 fully saturated rings. The molecule has 6 amide bonds. The molecule has 28 nitrogen and oxygen atoms in total. The molecule has 17 rings (SSSR count). The first-order valence-corrected chi connectivity index (χ1v) is 49.0. The lowest BCUT2D eigenvalue weighted by Crippen LogP contribution is -2.53. The van der Waals surface area contributed by atoms with Crippen LogP contribution in [0.15, 0.2) is 239 Å².